The van der Waals surface area contributed by atoms with Crippen LogP contribution in [-0.4, -0.2) is 5.16 Å². The van der Waals surface area contributed by atoms with Crippen LogP contribution >= 0.6 is 0 Å². The third-order valence-corrected chi connectivity index (χ3v) is 1.67. The second kappa shape index (κ2) is 2.97. The summed E-state index contributed by atoms with van der Waals surface area (Å²) in [6.45, 7) is 0. The van der Waals surface area contributed by atoms with Crippen LogP contribution in [0.15, 0.2) is 35.1 Å². The Bertz CT molecular complexity index is 412. The van der Waals surface area contributed by atoms with Gasteiger partial charge in [0.15, 0.2) is 11.6 Å². The summed E-state index contributed by atoms with van der Waals surface area (Å²) >= 11 is 0. The third kappa shape index (κ3) is 1.30. The maximum Gasteiger partial charge on any atom is 0.168 e. The van der Waals surface area contributed by atoms with Crippen molar-refractivity contribution in [2.45, 2.75) is 0 Å². The van der Waals surface area contributed by atoms with E-state index in [-0.39, 0.29) is 11.3 Å². The van der Waals surface area contributed by atoms with E-state index in [1.807, 2.05) is 0 Å². The first-order valence-corrected chi connectivity index (χ1v) is 3.64. The predicted octanol–water partition coefficient (Wildman–Crippen LogP) is 2.62. The molecule has 0 aliphatic carbocycles. The van der Waals surface area contributed by atoms with E-state index in [0.29, 0.717) is 0 Å². The van der Waals surface area contributed by atoms with Gasteiger partial charge in [-0.3, -0.25) is 0 Å². The molecule has 2 rings (SSSR count). The van der Waals surface area contributed by atoms with Crippen LogP contribution in [0.3, 0.4) is 0 Å². The Hall–Kier alpha value is -1.71. The van der Waals surface area contributed by atoms with Crippen molar-refractivity contribution in [1.29, 1.82) is 0 Å². The summed E-state index contributed by atoms with van der Waals surface area (Å²) in [4.78, 5) is 0. The predicted molar refractivity (Wildman–Crippen MR) is 41.9 cm³/mol. The van der Waals surface area contributed by atoms with Crippen molar-refractivity contribution in [3.63, 3.8) is 0 Å². The molecule has 0 aliphatic heterocycles. The molecule has 4 heteroatoms. The topological polar surface area (TPSA) is 26.0 Å². The Morgan fingerprint density at radius 2 is 2.00 bits per heavy atom. The Kier molecular flexibility index (Phi) is 1.81. The minimum absolute atomic E-state index is 0.105. The first-order chi connectivity index (χ1) is 6.29. The van der Waals surface area contributed by atoms with E-state index >= 15 is 0 Å². The van der Waals surface area contributed by atoms with Crippen molar-refractivity contribution in [1.82, 2.24) is 5.16 Å². The van der Waals surface area contributed by atoms with Gasteiger partial charge in [0.2, 0.25) is 0 Å². The van der Waals surface area contributed by atoms with Crippen LogP contribution in [0.5, 0.6) is 0 Å². The fourth-order valence-electron chi connectivity index (χ4n) is 1.05. The molecule has 0 radical (unpaired) electrons. The standard InChI is InChI=1S/C9H5F2NO/c10-7-3-1-2-6(9(7)11)8-4-5-13-12-8/h1-5H. The molecular formula is C9H5F2NO. The molecule has 13 heavy (non-hydrogen) atoms. The lowest BCUT2D eigenvalue weighted by Crippen LogP contribution is -1.88. The van der Waals surface area contributed by atoms with Gasteiger partial charge < -0.3 is 4.52 Å². The fraction of sp³-hybridized carbons (Fsp3) is 0. The Balaban J connectivity index is 2.59. The molecule has 0 atom stereocenters. The van der Waals surface area contributed by atoms with Crippen LogP contribution in [0, 0.1) is 11.6 Å². The van der Waals surface area contributed by atoms with Gasteiger partial charge in [-0.2, -0.15) is 0 Å². The van der Waals surface area contributed by atoms with E-state index in [4.69, 9.17) is 0 Å². The molecule has 2 nitrogen and oxygen atoms in total. The van der Waals surface area contributed by atoms with Gasteiger partial charge in [0, 0.05) is 11.6 Å². The van der Waals surface area contributed by atoms with Gasteiger partial charge in [-0.1, -0.05) is 11.2 Å². The lowest BCUT2D eigenvalue weighted by molar-refractivity contribution is 0.421. The summed E-state index contributed by atoms with van der Waals surface area (Å²) < 4.78 is 30.4. The summed E-state index contributed by atoms with van der Waals surface area (Å²) in [5.74, 6) is -1.79. The molecule has 0 amide bonds. The molecular weight excluding hydrogens is 176 g/mol. The van der Waals surface area contributed by atoms with Crippen molar-refractivity contribution in [2.75, 3.05) is 0 Å². The van der Waals surface area contributed by atoms with Gasteiger partial charge in [0.1, 0.15) is 12.0 Å². The lowest BCUT2D eigenvalue weighted by atomic mass is 10.1. The average Bonchev–Trinajstić information content (AvgIpc) is 2.62. The molecule has 0 unspecified atom stereocenters. The lowest BCUT2D eigenvalue weighted by Gasteiger charge is -1.97. The number of nitrogens with zero attached hydrogens (tertiary/aromatic N) is 1. The normalized spacial score (nSPS) is 10.3. The molecule has 2 aromatic rings. The van der Waals surface area contributed by atoms with Crippen molar-refractivity contribution in [3.05, 3.63) is 42.2 Å². The van der Waals surface area contributed by atoms with Crippen LogP contribution in [0.25, 0.3) is 11.3 Å². The summed E-state index contributed by atoms with van der Waals surface area (Å²) in [5, 5.41) is 3.51. The van der Waals surface area contributed by atoms with Gasteiger partial charge in [-0.15, -0.1) is 0 Å². The summed E-state index contributed by atoms with van der Waals surface area (Å²) in [6, 6.07) is 5.38. The number of hydrogen-bond acceptors (Lipinski definition) is 2. The summed E-state index contributed by atoms with van der Waals surface area (Å²) in [7, 11) is 0. The van der Waals surface area contributed by atoms with Gasteiger partial charge in [0.05, 0.1) is 0 Å². The molecule has 0 bridgehead atoms. The average molecular weight is 181 g/mol. The highest BCUT2D eigenvalue weighted by atomic mass is 19.2. The highest BCUT2D eigenvalue weighted by Gasteiger charge is 2.10. The summed E-state index contributed by atoms with van der Waals surface area (Å²) in [5.41, 5.74) is 0.394. The van der Waals surface area contributed by atoms with Crippen molar-refractivity contribution >= 4 is 0 Å². The van der Waals surface area contributed by atoms with E-state index in [2.05, 4.69) is 9.68 Å². The van der Waals surface area contributed by atoms with Crippen LogP contribution < -0.4 is 0 Å². The Morgan fingerprint density at radius 3 is 2.69 bits per heavy atom. The van der Waals surface area contributed by atoms with E-state index in [0.717, 1.165) is 6.07 Å². The molecule has 0 saturated heterocycles. The van der Waals surface area contributed by atoms with Crippen LogP contribution in [0.1, 0.15) is 0 Å². The zero-order valence-corrected chi connectivity index (χ0v) is 6.50. The maximum absolute atomic E-state index is 13.1. The Morgan fingerprint density at radius 1 is 1.15 bits per heavy atom. The number of benzene rings is 1. The van der Waals surface area contributed by atoms with Crippen LogP contribution in [0.2, 0.25) is 0 Å². The maximum atomic E-state index is 13.1. The second-order valence-corrected chi connectivity index (χ2v) is 2.49. The van der Waals surface area contributed by atoms with E-state index in [1.165, 1.54) is 24.5 Å². The van der Waals surface area contributed by atoms with Gasteiger partial charge in [-0.25, -0.2) is 8.78 Å². The molecule has 66 valence electrons. The zero-order valence-electron chi connectivity index (χ0n) is 6.50. The van der Waals surface area contributed by atoms with Crippen LogP contribution in [0.4, 0.5) is 8.78 Å². The quantitative estimate of drug-likeness (QED) is 0.675. The fourth-order valence-corrected chi connectivity index (χ4v) is 1.05. The van der Waals surface area contributed by atoms with E-state index < -0.39 is 11.6 Å². The highest BCUT2D eigenvalue weighted by molar-refractivity contribution is 5.58. The zero-order chi connectivity index (χ0) is 9.26. The largest absolute Gasteiger partial charge is 0.364 e. The van der Waals surface area contributed by atoms with Gasteiger partial charge in [-0.05, 0) is 12.1 Å². The second-order valence-electron chi connectivity index (χ2n) is 2.49. The first kappa shape index (κ1) is 7.91. The molecule has 0 aliphatic rings. The number of aromatic nitrogens is 1. The van der Waals surface area contributed by atoms with Crippen molar-refractivity contribution in [2.24, 2.45) is 0 Å². The minimum Gasteiger partial charge on any atom is -0.364 e. The number of rotatable bonds is 1. The monoisotopic (exact) mass is 181 g/mol. The van der Waals surface area contributed by atoms with Crippen LogP contribution in [-0.2, 0) is 0 Å². The highest BCUT2D eigenvalue weighted by Crippen LogP contribution is 2.22. The molecule has 0 N–H and O–H groups in total. The van der Waals surface area contributed by atoms with Gasteiger partial charge >= 0.3 is 0 Å². The third-order valence-electron chi connectivity index (χ3n) is 1.67. The SMILES string of the molecule is Fc1cccc(-c2ccon2)c1F. The van der Waals surface area contributed by atoms with E-state index in [1.54, 1.807) is 0 Å². The Labute approximate surface area is 72.8 Å². The minimum atomic E-state index is -0.906. The molecule has 1 aromatic heterocycles. The van der Waals surface area contributed by atoms with Crippen molar-refractivity contribution in [3.8, 4) is 11.3 Å². The molecule has 1 aromatic carbocycles. The molecule has 0 saturated carbocycles. The molecule has 0 fully saturated rings. The van der Waals surface area contributed by atoms with E-state index in [9.17, 15) is 8.78 Å². The smallest absolute Gasteiger partial charge is 0.168 e. The van der Waals surface area contributed by atoms with Gasteiger partial charge in [0.25, 0.3) is 0 Å². The molecule has 0 spiro atoms. The number of hydrogen-bond donors (Lipinski definition) is 0. The van der Waals surface area contributed by atoms with Crippen molar-refractivity contribution < 1.29 is 13.3 Å². The number of halogens is 2. The molecule has 1 heterocycles. The first-order valence-electron chi connectivity index (χ1n) is 3.64. The summed E-state index contributed by atoms with van der Waals surface area (Å²) in [6.07, 6.45) is 1.31.